The second-order valence-electron chi connectivity index (χ2n) is 4.29. The van der Waals surface area contributed by atoms with E-state index in [9.17, 15) is 14.3 Å². The highest BCUT2D eigenvalue weighted by Crippen LogP contribution is 2.23. The maximum Gasteiger partial charge on any atom is 0.354 e. The SMILES string of the molecule is CCCCC(N)=C(C(=O)O)N(C)c1ccccc1F. The van der Waals surface area contributed by atoms with E-state index in [0.29, 0.717) is 6.42 Å². The van der Waals surface area contributed by atoms with Crippen LogP contribution >= 0.6 is 0 Å². The lowest BCUT2D eigenvalue weighted by Crippen LogP contribution is -2.27. The summed E-state index contributed by atoms with van der Waals surface area (Å²) in [6, 6.07) is 6.01. The van der Waals surface area contributed by atoms with Gasteiger partial charge in [0.1, 0.15) is 11.5 Å². The smallest absolute Gasteiger partial charge is 0.354 e. The van der Waals surface area contributed by atoms with Crippen LogP contribution in [-0.2, 0) is 4.79 Å². The number of nitrogens with two attached hydrogens (primary N) is 1. The summed E-state index contributed by atoms with van der Waals surface area (Å²) in [5.41, 5.74) is 6.22. The Balaban J connectivity index is 3.13. The molecule has 0 spiro atoms. The fourth-order valence-electron chi connectivity index (χ4n) is 1.83. The highest BCUT2D eigenvalue weighted by atomic mass is 19.1. The Morgan fingerprint density at radius 2 is 2.05 bits per heavy atom. The van der Waals surface area contributed by atoms with Gasteiger partial charge in [-0.3, -0.25) is 0 Å². The number of nitrogens with zero attached hydrogens (tertiary/aromatic N) is 1. The van der Waals surface area contributed by atoms with Crippen LogP contribution < -0.4 is 10.6 Å². The van der Waals surface area contributed by atoms with E-state index < -0.39 is 11.8 Å². The molecule has 5 heteroatoms. The van der Waals surface area contributed by atoms with Crippen LogP contribution in [0.1, 0.15) is 26.2 Å². The van der Waals surface area contributed by atoms with Gasteiger partial charge in [0.05, 0.1) is 5.69 Å². The number of rotatable bonds is 6. The van der Waals surface area contributed by atoms with Gasteiger partial charge in [-0.05, 0) is 25.0 Å². The van der Waals surface area contributed by atoms with Crippen molar-refractivity contribution < 1.29 is 14.3 Å². The van der Waals surface area contributed by atoms with Crippen molar-refractivity contribution in [2.75, 3.05) is 11.9 Å². The van der Waals surface area contributed by atoms with Gasteiger partial charge in [-0.25, -0.2) is 9.18 Å². The molecule has 1 aromatic rings. The molecule has 0 aliphatic rings. The summed E-state index contributed by atoms with van der Waals surface area (Å²) in [5, 5.41) is 9.26. The number of carbonyl (C=O) groups is 1. The van der Waals surface area contributed by atoms with Crippen LogP contribution in [0.2, 0.25) is 0 Å². The standard InChI is InChI=1S/C14H19FN2O2/c1-3-4-8-11(16)13(14(18)19)17(2)12-9-6-5-7-10(12)15/h5-7,9H,3-4,8,16H2,1-2H3,(H,18,19). The number of allylic oxidation sites excluding steroid dienone is 1. The highest BCUT2D eigenvalue weighted by molar-refractivity contribution is 5.91. The Morgan fingerprint density at radius 3 is 2.58 bits per heavy atom. The number of hydrogen-bond donors (Lipinski definition) is 2. The average Bonchev–Trinajstić information content (AvgIpc) is 2.36. The first-order valence-corrected chi connectivity index (χ1v) is 6.19. The molecule has 104 valence electrons. The number of halogens is 1. The zero-order chi connectivity index (χ0) is 14.4. The second kappa shape index (κ2) is 6.78. The number of carboxylic acids is 1. The number of aliphatic carboxylic acids is 1. The lowest BCUT2D eigenvalue weighted by atomic mass is 10.1. The van der Waals surface area contributed by atoms with Gasteiger partial charge in [-0.1, -0.05) is 25.5 Å². The summed E-state index contributed by atoms with van der Waals surface area (Å²) in [5.74, 6) is -1.63. The molecule has 0 saturated carbocycles. The van der Waals surface area contributed by atoms with Crippen molar-refractivity contribution >= 4 is 11.7 Å². The maximum absolute atomic E-state index is 13.7. The molecule has 1 aromatic carbocycles. The topological polar surface area (TPSA) is 66.6 Å². The van der Waals surface area contributed by atoms with E-state index in [0.717, 1.165) is 12.8 Å². The van der Waals surface area contributed by atoms with Crippen molar-refractivity contribution in [2.45, 2.75) is 26.2 Å². The largest absolute Gasteiger partial charge is 0.477 e. The van der Waals surface area contributed by atoms with Crippen molar-refractivity contribution in [2.24, 2.45) is 5.73 Å². The third kappa shape index (κ3) is 3.71. The minimum Gasteiger partial charge on any atom is -0.477 e. The molecule has 19 heavy (non-hydrogen) atoms. The van der Waals surface area contributed by atoms with E-state index >= 15 is 0 Å². The minimum atomic E-state index is -1.15. The molecule has 0 amide bonds. The first-order chi connectivity index (χ1) is 8.99. The molecule has 1 rings (SSSR count). The molecule has 0 atom stereocenters. The van der Waals surface area contributed by atoms with Gasteiger partial charge < -0.3 is 15.7 Å². The number of unbranched alkanes of at least 4 members (excludes halogenated alkanes) is 1. The van der Waals surface area contributed by atoms with Gasteiger partial charge >= 0.3 is 5.97 Å². The van der Waals surface area contributed by atoms with E-state index in [1.54, 1.807) is 12.1 Å². The number of carboxylic acid groups (broad SMARTS) is 1. The van der Waals surface area contributed by atoms with E-state index in [2.05, 4.69) is 0 Å². The molecule has 0 aliphatic carbocycles. The molecule has 0 aliphatic heterocycles. The van der Waals surface area contributed by atoms with Crippen LogP contribution in [0.15, 0.2) is 35.7 Å². The molecule has 0 radical (unpaired) electrons. The average molecular weight is 266 g/mol. The van der Waals surface area contributed by atoms with Crippen LogP contribution in [0.4, 0.5) is 10.1 Å². The number of hydrogen-bond acceptors (Lipinski definition) is 3. The first kappa shape index (κ1) is 15.0. The molecule has 0 heterocycles. The van der Waals surface area contributed by atoms with Crippen LogP contribution in [0.25, 0.3) is 0 Å². The Kier molecular flexibility index (Phi) is 5.36. The molecular formula is C14H19FN2O2. The lowest BCUT2D eigenvalue weighted by Gasteiger charge is -2.22. The van der Waals surface area contributed by atoms with E-state index in [1.165, 1.54) is 24.1 Å². The summed E-state index contributed by atoms with van der Waals surface area (Å²) < 4.78 is 13.7. The molecule has 0 bridgehead atoms. The van der Waals surface area contributed by atoms with Gasteiger partial charge in [0.25, 0.3) is 0 Å². The van der Waals surface area contributed by atoms with Gasteiger partial charge in [0.15, 0.2) is 0 Å². The van der Waals surface area contributed by atoms with Gasteiger partial charge in [-0.15, -0.1) is 0 Å². The lowest BCUT2D eigenvalue weighted by molar-refractivity contribution is -0.132. The molecule has 0 unspecified atom stereocenters. The van der Waals surface area contributed by atoms with Crippen LogP contribution in [-0.4, -0.2) is 18.1 Å². The maximum atomic E-state index is 13.7. The first-order valence-electron chi connectivity index (χ1n) is 6.19. The summed E-state index contributed by atoms with van der Waals surface area (Å²) in [6.45, 7) is 1.99. The van der Waals surface area contributed by atoms with E-state index in [4.69, 9.17) is 5.73 Å². The highest BCUT2D eigenvalue weighted by Gasteiger charge is 2.20. The Morgan fingerprint density at radius 1 is 1.42 bits per heavy atom. The molecule has 3 N–H and O–H groups in total. The van der Waals surface area contributed by atoms with E-state index in [1.807, 2.05) is 6.92 Å². The molecule has 4 nitrogen and oxygen atoms in total. The summed E-state index contributed by atoms with van der Waals surface area (Å²) in [7, 11) is 1.50. The molecule has 0 fully saturated rings. The molecule has 0 aromatic heterocycles. The second-order valence-corrected chi connectivity index (χ2v) is 4.29. The van der Waals surface area contributed by atoms with Crippen LogP contribution in [0.3, 0.4) is 0 Å². The van der Waals surface area contributed by atoms with Crippen LogP contribution in [0, 0.1) is 5.82 Å². The van der Waals surface area contributed by atoms with Crippen molar-refractivity contribution in [3.63, 3.8) is 0 Å². The normalized spacial score (nSPS) is 11.9. The molecule has 0 saturated heterocycles. The summed E-state index contributed by atoms with van der Waals surface area (Å²) >= 11 is 0. The Bertz CT molecular complexity index is 486. The monoisotopic (exact) mass is 266 g/mol. The van der Waals surface area contributed by atoms with Crippen molar-refractivity contribution in [3.05, 3.63) is 41.5 Å². The van der Waals surface area contributed by atoms with Crippen LogP contribution in [0.5, 0.6) is 0 Å². The number of anilines is 1. The third-order valence-corrected chi connectivity index (χ3v) is 2.86. The quantitative estimate of drug-likeness (QED) is 0.777. The van der Waals surface area contributed by atoms with Crippen molar-refractivity contribution in [1.29, 1.82) is 0 Å². The fraction of sp³-hybridized carbons (Fsp3) is 0.357. The molecular weight excluding hydrogens is 247 g/mol. The predicted molar refractivity (Wildman–Crippen MR) is 73.2 cm³/mol. The third-order valence-electron chi connectivity index (χ3n) is 2.86. The summed E-state index contributed by atoms with van der Waals surface area (Å²) in [4.78, 5) is 12.6. The van der Waals surface area contributed by atoms with Crippen molar-refractivity contribution in [1.82, 2.24) is 0 Å². The fourth-order valence-corrected chi connectivity index (χ4v) is 1.83. The predicted octanol–water partition coefficient (Wildman–Crippen LogP) is 2.71. The van der Waals surface area contributed by atoms with Crippen molar-refractivity contribution in [3.8, 4) is 0 Å². The Labute approximate surface area is 112 Å². The number of para-hydroxylation sites is 1. The zero-order valence-electron chi connectivity index (χ0n) is 11.2. The minimum absolute atomic E-state index is 0.0708. The summed E-state index contributed by atoms with van der Waals surface area (Å²) in [6.07, 6.45) is 2.20. The van der Waals surface area contributed by atoms with E-state index in [-0.39, 0.29) is 17.1 Å². The van der Waals surface area contributed by atoms with Gasteiger partial charge in [0.2, 0.25) is 0 Å². The zero-order valence-corrected chi connectivity index (χ0v) is 11.2. The number of benzene rings is 1. The van der Waals surface area contributed by atoms with Gasteiger partial charge in [-0.2, -0.15) is 0 Å². The Hall–Kier alpha value is -2.04. The number of likely N-dealkylation sites (N-methyl/N-ethyl adjacent to an activating group) is 1. The van der Waals surface area contributed by atoms with Gasteiger partial charge in [0, 0.05) is 12.7 Å².